The summed E-state index contributed by atoms with van der Waals surface area (Å²) in [6.07, 6.45) is 5.20. The van der Waals surface area contributed by atoms with Crippen LogP contribution in [0.15, 0.2) is 61.3 Å². The number of likely N-dealkylation sites (N-methyl/N-ethyl adjacent to an activating group) is 1. The summed E-state index contributed by atoms with van der Waals surface area (Å²) in [5.41, 5.74) is 6.10. The van der Waals surface area contributed by atoms with Crippen molar-refractivity contribution >= 4 is 17.5 Å². The third-order valence-electron chi connectivity index (χ3n) is 5.83. The van der Waals surface area contributed by atoms with Crippen LogP contribution in [0.5, 0.6) is 0 Å². The molecule has 0 bridgehead atoms. The first-order chi connectivity index (χ1) is 15.0. The maximum Gasteiger partial charge on any atom is 0.254 e. The summed E-state index contributed by atoms with van der Waals surface area (Å²) in [5, 5.41) is 8.10. The fourth-order valence-electron chi connectivity index (χ4n) is 4.37. The molecule has 5 nitrogen and oxygen atoms in total. The Balaban J connectivity index is 1.59. The maximum atomic E-state index is 13.2. The summed E-state index contributed by atoms with van der Waals surface area (Å²) in [5.74, 6) is 0.0835. The molecular weight excluding hydrogens is 408 g/mol. The fraction of sp³-hybridized carbons (Fsp3) is 0.280. The lowest BCUT2D eigenvalue weighted by Crippen LogP contribution is -2.43. The number of benzene rings is 2. The number of fused-ring (bicyclic) bond motifs is 1. The number of aryl methyl sites for hydroxylation is 1. The number of hydrogen-bond donors (Lipinski definition) is 1. The molecule has 1 N–H and O–H groups in total. The average Bonchev–Trinajstić information content (AvgIpc) is 3.26. The van der Waals surface area contributed by atoms with Gasteiger partial charge in [-0.2, -0.15) is 5.10 Å². The Morgan fingerprint density at radius 3 is 2.77 bits per heavy atom. The first-order valence-electron chi connectivity index (χ1n) is 10.5. The topological polar surface area (TPSA) is 50.2 Å². The third kappa shape index (κ3) is 4.29. The van der Waals surface area contributed by atoms with Crippen molar-refractivity contribution in [2.75, 3.05) is 13.6 Å². The van der Waals surface area contributed by atoms with Crippen molar-refractivity contribution < 1.29 is 4.79 Å². The Kier molecular flexibility index (Phi) is 6.25. The van der Waals surface area contributed by atoms with Crippen LogP contribution >= 0.6 is 11.6 Å². The van der Waals surface area contributed by atoms with Gasteiger partial charge in [-0.15, -0.1) is 6.58 Å². The third-order valence-corrected chi connectivity index (χ3v) is 6.10. The monoisotopic (exact) mass is 434 g/mol. The second-order valence-electron chi connectivity index (χ2n) is 8.00. The Morgan fingerprint density at radius 2 is 2.06 bits per heavy atom. The summed E-state index contributed by atoms with van der Waals surface area (Å²) in [7, 11) is 3.80. The Labute approximate surface area is 188 Å². The maximum absolute atomic E-state index is 13.2. The number of rotatable bonds is 8. The van der Waals surface area contributed by atoms with Crippen molar-refractivity contribution in [2.45, 2.75) is 25.4 Å². The van der Waals surface area contributed by atoms with Gasteiger partial charge in [0.05, 0.1) is 16.9 Å². The van der Waals surface area contributed by atoms with Gasteiger partial charge in [0.15, 0.2) is 0 Å². The first kappa shape index (κ1) is 21.3. The largest absolute Gasteiger partial charge is 0.330 e. The smallest absolute Gasteiger partial charge is 0.254 e. The molecule has 2 aromatic carbocycles. The van der Waals surface area contributed by atoms with Gasteiger partial charge in [-0.1, -0.05) is 48.0 Å². The zero-order valence-electron chi connectivity index (χ0n) is 17.9. The summed E-state index contributed by atoms with van der Waals surface area (Å²) < 4.78 is 1.76. The van der Waals surface area contributed by atoms with Gasteiger partial charge >= 0.3 is 0 Å². The molecule has 2 heterocycles. The number of amides is 1. The van der Waals surface area contributed by atoms with E-state index in [1.807, 2.05) is 37.2 Å². The highest BCUT2D eigenvalue weighted by Crippen LogP contribution is 2.33. The lowest BCUT2D eigenvalue weighted by Gasteiger charge is -2.28. The Bertz CT molecular complexity index is 1100. The predicted molar refractivity (Wildman–Crippen MR) is 125 cm³/mol. The zero-order chi connectivity index (χ0) is 22.0. The van der Waals surface area contributed by atoms with Gasteiger partial charge in [0.2, 0.25) is 0 Å². The minimum atomic E-state index is 0.0626. The molecule has 1 aliphatic rings. The molecule has 0 saturated carbocycles. The van der Waals surface area contributed by atoms with Gasteiger partial charge in [0.25, 0.3) is 5.91 Å². The van der Waals surface area contributed by atoms with E-state index in [0.29, 0.717) is 11.6 Å². The number of nitrogens with zero attached hydrogens (tertiary/aromatic N) is 3. The van der Waals surface area contributed by atoms with Crippen LogP contribution in [-0.2, 0) is 26.4 Å². The zero-order valence-corrected chi connectivity index (χ0v) is 18.7. The average molecular weight is 435 g/mol. The Morgan fingerprint density at radius 1 is 1.26 bits per heavy atom. The molecular formula is C25H27ClN4O. The van der Waals surface area contributed by atoms with Gasteiger partial charge in [-0.05, 0) is 48.7 Å². The van der Waals surface area contributed by atoms with Crippen LogP contribution in [0.4, 0.5) is 0 Å². The number of hydrogen-bond acceptors (Lipinski definition) is 3. The van der Waals surface area contributed by atoms with E-state index in [1.54, 1.807) is 10.9 Å². The minimum Gasteiger partial charge on any atom is -0.330 e. The van der Waals surface area contributed by atoms with Crippen molar-refractivity contribution in [3.05, 3.63) is 88.6 Å². The number of nitrogens with one attached hydrogen (secondary N) is 1. The van der Waals surface area contributed by atoms with Crippen molar-refractivity contribution in [3.63, 3.8) is 0 Å². The van der Waals surface area contributed by atoms with Crippen molar-refractivity contribution in [1.29, 1.82) is 0 Å². The predicted octanol–water partition coefficient (Wildman–Crippen LogP) is 4.26. The van der Waals surface area contributed by atoms with Crippen LogP contribution in [0.2, 0.25) is 5.02 Å². The van der Waals surface area contributed by atoms with Crippen LogP contribution in [0.25, 0.3) is 11.3 Å². The van der Waals surface area contributed by atoms with Gasteiger partial charge in [-0.25, -0.2) is 0 Å². The van der Waals surface area contributed by atoms with Gasteiger partial charge < -0.3 is 10.2 Å². The summed E-state index contributed by atoms with van der Waals surface area (Å²) in [6, 6.07) is 14.5. The summed E-state index contributed by atoms with van der Waals surface area (Å²) >= 11 is 6.33. The van der Waals surface area contributed by atoms with E-state index in [1.165, 1.54) is 11.1 Å². The van der Waals surface area contributed by atoms with E-state index in [0.717, 1.165) is 41.8 Å². The van der Waals surface area contributed by atoms with E-state index in [2.05, 4.69) is 47.3 Å². The molecule has 160 valence electrons. The number of aromatic nitrogens is 2. The van der Waals surface area contributed by atoms with E-state index < -0.39 is 0 Å². The summed E-state index contributed by atoms with van der Waals surface area (Å²) in [4.78, 5) is 15.2. The lowest BCUT2D eigenvalue weighted by molar-refractivity contribution is 0.0702. The fourth-order valence-corrected chi connectivity index (χ4v) is 4.65. The van der Waals surface area contributed by atoms with Crippen molar-refractivity contribution in [1.82, 2.24) is 20.0 Å². The number of allylic oxidation sites excluding steroid dienone is 1. The molecule has 0 unspecified atom stereocenters. The van der Waals surface area contributed by atoms with Crippen LogP contribution in [-0.4, -0.2) is 40.2 Å². The summed E-state index contributed by atoms with van der Waals surface area (Å²) in [6.45, 7) is 5.15. The number of carbonyl (C=O) groups is 1. The first-order valence-corrected chi connectivity index (χ1v) is 10.8. The van der Waals surface area contributed by atoms with E-state index in [4.69, 9.17) is 11.6 Å². The van der Waals surface area contributed by atoms with E-state index >= 15 is 0 Å². The van der Waals surface area contributed by atoms with Crippen molar-refractivity contribution in [2.24, 2.45) is 7.05 Å². The van der Waals surface area contributed by atoms with Gasteiger partial charge in [-0.3, -0.25) is 9.48 Å². The number of carbonyl (C=O) groups excluding carboxylic acids is 1. The van der Waals surface area contributed by atoms with Crippen LogP contribution < -0.4 is 5.32 Å². The highest BCUT2D eigenvalue weighted by Gasteiger charge is 2.33. The minimum absolute atomic E-state index is 0.0626. The molecule has 3 aromatic rings. The van der Waals surface area contributed by atoms with Gasteiger partial charge in [0, 0.05) is 37.3 Å². The molecule has 0 fully saturated rings. The highest BCUT2D eigenvalue weighted by atomic mass is 35.5. The quantitative estimate of drug-likeness (QED) is 0.539. The SMILES string of the molecule is C=CCc1cccc(C[C@@H](CNC)N2Cc3cc(-c4c(Cl)cnn4C)ccc3C2=O)c1. The molecule has 6 heteroatoms. The van der Waals surface area contributed by atoms with E-state index in [9.17, 15) is 4.79 Å². The molecule has 0 aliphatic carbocycles. The second-order valence-corrected chi connectivity index (χ2v) is 8.41. The molecule has 1 aromatic heterocycles. The molecule has 1 amide bonds. The van der Waals surface area contributed by atoms with Crippen molar-refractivity contribution in [3.8, 4) is 11.3 Å². The van der Waals surface area contributed by atoms with Crippen LogP contribution in [0.1, 0.15) is 27.0 Å². The molecule has 1 aliphatic heterocycles. The molecule has 31 heavy (non-hydrogen) atoms. The molecule has 0 spiro atoms. The standard InChI is InChI=1S/C25H27ClN4O/c1-4-6-17-7-5-8-18(11-17)12-21(14-27-2)30-16-20-13-19(9-10-22(20)25(30)31)24-23(26)15-28-29(24)3/h4-5,7-11,13,15,21,27H,1,6,12,14,16H2,2-3H3/t21-/m0/s1. The number of halogens is 1. The Hall–Kier alpha value is -2.89. The molecule has 0 radical (unpaired) electrons. The highest BCUT2D eigenvalue weighted by molar-refractivity contribution is 6.33. The molecule has 1 atom stereocenters. The molecule has 0 saturated heterocycles. The van der Waals surface area contributed by atoms with Crippen LogP contribution in [0, 0.1) is 0 Å². The second kappa shape index (κ2) is 9.08. The lowest BCUT2D eigenvalue weighted by atomic mass is 10.0. The molecule has 4 rings (SSSR count). The normalized spacial score (nSPS) is 14.0. The van der Waals surface area contributed by atoms with Crippen LogP contribution in [0.3, 0.4) is 0 Å². The van der Waals surface area contributed by atoms with Gasteiger partial charge in [0.1, 0.15) is 0 Å². The van der Waals surface area contributed by atoms with E-state index in [-0.39, 0.29) is 11.9 Å².